The van der Waals surface area contributed by atoms with Crippen LogP contribution in [-0.2, 0) is 22.8 Å². The second-order valence-corrected chi connectivity index (χ2v) is 9.23. The second-order valence-electron chi connectivity index (χ2n) is 6.30. The highest BCUT2D eigenvalue weighted by Gasteiger charge is 2.20. The maximum absolute atomic E-state index is 12.6. The van der Waals surface area contributed by atoms with Crippen molar-refractivity contribution in [1.29, 1.82) is 0 Å². The average molecular weight is 427 g/mol. The molecule has 2 heterocycles. The van der Waals surface area contributed by atoms with E-state index in [0.29, 0.717) is 35.7 Å². The lowest BCUT2D eigenvalue weighted by atomic mass is 10.2. The Hall–Kier alpha value is -1.83. The van der Waals surface area contributed by atoms with E-state index in [1.165, 1.54) is 18.2 Å². The Labute approximate surface area is 168 Å². The fraction of sp³-hybridized carbons (Fsp3) is 0.333. The Morgan fingerprint density at radius 2 is 2.00 bits per heavy atom. The number of fused-ring (bicyclic) bond motifs is 1. The fourth-order valence-corrected chi connectivity index (χ4v) is 5.25. The molecule has 1 aromatic carbocycles. The number of nitrogens with zero attached hydrogens (tertiary/aromatic N) is 3. The number of aromatic nitrogens is 3. The van der Waals surface area contributed by atoms with Crippen LogP contribution in [0.15, 0.2) is 29.3 Å². The predicted octanol–water partition coefficient (Wildman–Crippen LogP) is 4.06. The molecular formula is C18H20Cl2N4O2S. The lowest BCUT2D eigenvalue weighted by Gasteiger charge is -2.11. The van der Waals surface area contributed by atoms with E-state index in [9.17, 15) is 8.42 Å². The smallest absolute Gasteiger partial charge is 0.179 e. The van der Waals surface area contributed by atoms with Gasteiger partial charge in [-0.1, -0.05) is 30.1 Å². The van der Waals surface area contributed by atoms with Crippen molar-refractivity contribution in [2.75, 3.05) is 11.5 Å². The number of nitrogen functional groups attached to an aromatic ring is 1. The van der Waals surface area contributed by atoms with Crippen LogP contribution in [0.3, 0.4) is 0 Å². The van der Waals surface area contributed by atoms with Gasteiger partial charge in [0.2, 0.25) is 0 Å². The zero-order valence-corrected chi connectivity index (χ0v) is 17.4. The van der Waals surface area contributed by atoms with Crippen LogP contribution in [0.5, 0.6) is 0 Å². The van der Waals surface area contributed by atoms with Crippen LogP contribution in [-0.4, -0.2) is 28.7 Å². The zero-order valence-electron chi connectivity index (χ0n) is 15.0. The fourth-order valence-electron chi connectivity index (χ4n) is 3.13. The Morgan fingerprint density at radius 1 is 1.26 bits per heavy atom. The van der Waals surface area contributed by atoms with E-state index in [2.05, 4.69) is 9.97 Å². The minimum atomic E-state index is -3.51. The monoisotopic (exact) mass is 426 g/mol. The van der Waals surface area contributed by atoms with Gasteiger partial charge in [0.1, 0.15) is 11.3 Å². The van der Waals surface area contributed by atoms with Crippen LogP contribution in [0, 0.1) is 6.92 Å². The van der Waals surface area contributed by atoms with Gasteiger partial charge in [-0.05, 0) is 37.1 Å². The molecule has 0 aliphatic rings. The molecule has 3 aromatic rings. The lowest BCUT2D eigenvalue weighted by Crippen LogP contribution is -2.12. The molecule has 0 unspecified atom stereocenters. The van der Waals surface area contributed by atoms with Crippen LogP contribution >= 0.6 is 23.2 Å². The van der Waals surface area contributed by atoms with Gasteiger partial charge < -0.3 is 10.3 Å². The number of hydrogen-bond acceptors (Lipinski definition) is 5. The number of anilines is 1. The van der Waals surface area contributed by atoms with Crippen LogP contribution in [0.4, 0.5) is 5.82 Å². The Morgan fingerprint density at radius 3 is 2.67 bits per heavy atom. The van der Waals surface area contributed by atoms with Gasteiger partial charge in [0.15, 0.2) is 15.7 Å². The van der Waals surface area contributed by atoms with Gasteiger partial charge in [0.05, 0.1) is 21.2 Å². The SMILES string of the molecule is CCc1nc2c(N)ncc(C)c2n1CCCS(=O)(=O)c1ccc(Cl)cc1Cl. The first kappa shape index (κ1) is 19.9. The normalized spacial score (nSPS) is 12.0. The van der Waals surface area contributed by atoms with Crippen LogP contribution in [0.25, 0.3) is 11.0 Å². The maximum Gasteiger partial charge on any atom is 0.179 e. The molecule has 6 nitrogen and oxygen atoms in total. The molecule has 0 fully saturated rings. The van der Waals surface area contributed by atoms with Gasteiger partial charge in [-0.2, -0.15) is 0 Å². The Kier molecular flexibility index (Phi) is 5.65. The third-order valence-corrected chi connectivity index (χ3v) is 6.91. The summed E-state index contributed by atoms with van der Waals surface area (Å²) in [6, 6.07) is 4.41. The molecule has 2 N–H and O–H groups in total. The molecule has 0 bridgehead atoms. The van der Waals surface area contributed by atoms with Crippen molar-refractivity contribution in [2.45, 2.75) is 38.1 Å². The first-order valence-electron chi connectivity index (χ1n) is 8.52. The number of aryl methyl sites for hydroxylation is 3. The van der Waals surface area contributed by atoms with Crippen LogP contribution in [0.2, 0.25) is 10.0 Å². The average Bonchev–Trinajstić information content (AvgIpc) is 2.97. The second kappa shape index (κ2) is 7.66. The van der Waals surface area contributed by atoms with E-state index >= 15 is 0 Å². The van der Waals surface area contributed by atoms with Crippen LogP contribution < -0.4 is 5.73 Å². The summed E-state index contributed by atoms with van der Waals surface area (Å²) in [4.78, 5) is 8.83. The summed E-state index contributed by atoms with van der Waals surface area (Å²) in [6.45, 7) is 4.45. The molecule has 0 atom stereocenters. The molecule has 3 rings (SSSR count). The standard InChI is InChI=1S/C18H20Cl2N4O2S/c1-3-15-23-16-17(11(2)10-22-18(16)21)24(15)7-4-8-27(25,26)14-6-5-12(19)9-13(14)20/h5-6,9-10H,3-4,7-8H2,1-2H3,(H2,21,22). The van der Waals surface area contributed by atoms with E-state index in [1.807, 2.05) is 18.4 Å². The number of hydrogen-bond donors (Lipinski definition) is 1. The molecule has 2 aromatic heterocycles. The molecule has 0 spiro atoms. The Bertz CT molecular complexity index is 1110. The molecule has 9 heteroatoms. The highest BCUT2D eigenvalue weighted by atomic mass is 35.5. The number of benzene rings is 1. The first-order valence-corrected chi connectivity index (χ1v) is 10.9. The molecule has 0 aliphatic heterocycles. The third kappa shape index (κ3) is 3.90. The summed E-state index contributed by atoms with van der Waals surface area (Å²) in [6.07, 6.45) is 2.84. The van der Waals surface area contributed by atoms with Gasteiger partial charge in [0.25, 0.3) is 0 Å². The number of pyridine rings is 1. The highest BCUT2D eigenvalue weighted by Crippen LogP contribution is 2.27. The highest BCUT2D eigenvalue weighted by molar-refractivity contribution is 7.91. The van der Waals surface area contributed by atoms with Crippen molar-refractivity contribution >= 4 is 49.9 Å². The predicted molar refractivity (Wildman–Crippen MR) is 109 cm³/mol. The number of halogens is 2. The summed E-state index contributed by atoms with van der Waals surface area (Å²) < 4.78 is 27.3. The van der Waals surface area contributed by atoms with Gasteiger partial charge in [-0.3, -0.25) is 0 Å². The molecule has 27 heavy (non-hydrogen) atoms. The van der Waals surface area contributed by atoms with Gasteiger partial charge in [-0.15, -0.1) is 0 Å². The van der Waals surface area contributed by atoms with Crippen molar-refractivity contribution in [3.63, 3.8) is 0 Å². The van der Waals surface area contributed by atoms with Crippen molar-refractivity contribution in [2.24, 2.45) is 0 Å². The number of sulfone groups is 1. The van der Waals surface area contributed by atoms with E-state index in [0.717, 1.165) is 16.9 Å². The van der Waals surface area contributed by atoms with Crippen molar-refractivity contribution in [3.05, 3.63) is 45.8 Å². The van der Waals surface area contributed by atoms with Crippen LogP contribution in [0.1, 0.15) is 24.7 Å². The van der Waals surface area contributed by atoms with Crippen molar-refractivity contribution in [3.8, 4) is 0 Å². The first-order chi connectivity index (χ1) is 12.7. The number of nitrogens with two attached hydrogens (primary N) is 1. The van der Waals surface area contributed by atoms with Crippen molar-refractivity contribution < 1.29 is 8.42 Å². The lowest BCUT2D eigenvalue weighted by molar-refractivity contribution is 0.585. The van der Waals surface area contributed by atoms with Gasteiger partial charge in [-0.25, -0.2) is 18.4 Å². The molecular weight excluding hydrogens is 407 g/mol. The van der Waals surface area contributed by atoms with Crippen molar-refractivity contribution in [1.82, 2.24) is 14.5 Å². The minimum Gasteiger partial charge on any atom is -0.382 e. The van der Waals surface area contributed by atoms with Gasteiger partial charge in [0, 0.05) is 24.2 Å². The Balaban J connectivity index is 1.86. The largest absolute Gasteiger partial charge is 0.382 e. The summed E-state index contributed by atoms with van der Waals surface area (Å²) in [5.41, 5.74) is 8.48. The number of imidazole rings is 1. The van der Waals surface area contributed by atoms with E-state index in [1.54, 1.807) is 6.20 Å². The summed E-state index contributed by atoms with van der Waals surface area (Å²) in [5, 5.41) is 0.539. The zero-order chi connectivity index (χ0) is 19.8. The quantitative estimate of drug-likeness (QED) is 0.641. The molecule has 144 valence electrons. The molecule has 0 saturated carbocycles. The molecule has 0 saturated heterocycles. The minimum absolute atomic E-state index is 0.0310. The summed E-state index contributed by atoms with van der Waals surface area (Å²) in [5.74, 6) is 1.20. The summed E-state index contributed by atoms with van der Waals surface area (Å²) in [7, 11) is -3.51. The maximum atomic E-state index is 12.6. The summed E-state index contributed by atoms with van der Waals surface area (Å²) >= 11 is 11.9. The molecule has 0 radical (unpaired) electrons. The van der Waals surface area contributed by atoms with E-state index < -0.39 is 9.84 Å². The van der Waals surface area contributed by atoms with Gasteiger partial charge >= 0.3 is 0 Å². The van der Waals surface area contributed by atoms with E-state index in [-0.39, 0.29) is 15.7 Å². The molecule has 0 amide bonds. The third-order valence-electron chi connectivity index (χ3n) is 4.40. The molecule has 0 aliphatic carbocycles. The topological polar surface area (TPSA) is 90.9 Å². The van der Waals surface area contributed by atoms with E-state index in [4.69, 9.17) is 28.9 Å². The number of rotatable bonds is 6.